The SMILES string of the molecule is CCn1c(C(N)Cc2cnc[nH]2)nc2cc(Cl)ccc21. The molecule has 0 radical (unpaired) electrons. The minimum atomic E-state index is -0.179. The highest BCUT2D eigenvalue weighted by molar-refractivity contribution is 6.31. The molecule has 2 aromatic heterocycles. The van der Waals surface area contributed by atoms with E-state index in [1.807, 2.05) is 18.2 Å². The summed E-state index contributed by atoms with van der Waals surface area (Å²) in [6.07, 6.45) is 4.12. The second kappa shape index (κ2) is 5.26. The van der Waals surface area contributed by atoms with Crippen molar-refractivity contribution in [3.8, 4) is 0 Å². The number of hydrogen-bond acceptors (Lipinski definition) is 3. The van der Waals surface area contributed by atoms with E-state index in [0.717, 1.165) is 29.1 Å². The van der Waals surface area contributed by atoms with Gasteiger partial charge in [0.25, 0.3) is 0 Å². The van der Waals surface area contributed by atoms with E-state index >= 15 is 0 Å². The van der Waals surface area contributed by atoms with Crippen LogP contribution in [0.1, 0.15) is 24.5 Å². The average molecular weight is 290 g/mol. The molecule has 3 rings (SSSR count). The molecule has 0 bridgehead atoms. The van der Waals surface area contributed by atoms with Crippen LogP contribution in [0.2, 0.25) is 5.02 Å². The molecule has 3 aromatic rings. The van der Waals surface area contributed by atoms with Crippen LogP contribution >= 0.6 is 11.6 Å². The average Bonchev–Trinajstić information content (AvgIpc) is 3.04. The van der Waals surface area contributed by atoms with E-state index < -0.39 is 0 Å². The van der Waals surface area contributed by atoms with Crippen molar-refractivity contribution in [1.29, 1.82) is 0 Å². The molecular weight excluding hydrogens is 274 g/mol. The van der Waals surface area contributed by atoms with Crippen molar-refractivity contribution in [1.82, 2.24) is 19.5 Å². The third-order valence-electron chi connectivity index (χ3n) is 3.38. The van der Waals surface area contributed by atoms with Gasteiger partial charge in [-0.25, -0.2) is 9.97 Å². The zero-order chi connectivity index (χ0) is 14.1. The van der Waals surface area contributed by atoms with E-state index in [-0.39, 0.29) is 6.04 Å². The summed E-state index contributed by atoms with van der Waals surface area (Å²) in [6, 6.07) is 5.56. The second-order valence-corrected chi connectivity index (χ2v) is 5.17. The summed E-state index contributed by atoms with van der Waals surface area (Å²) in [4.78, 5) is 11.7. The monoisotopic (exact) mass is 289 g/mol. The largest absolute Gasteiger partial charge is 0.348 e. The number of aromatic amines is 1. The predicted molar refractivity (Wildman–Crippen MR) is 79.6 cm³/mol. The Morgan fingerprint density at radius 2 is 2.30 bits per heavy atom. The first kappa shape index (κ1) is 13.1. The first-order valence-corrected chi connectivity index (χ1v) is 6.95. The molecule has 20 heavy (non-hydrogen) atoms. The van der Waals surface area contributed by atoms with Gasteiger partial charge in [-0.3, -0.25) is 0 Å². The van der Waals surface area contributed by atoms with Crippen molar-refractivity contribution in [3.05, 3.63) is 47.3 Å². The van der Waals surface area contributed by atoms with Gasteiger partial charge in [-0.05, 0) is 25.1 Å². The van der Waals surface area contributed by atoms with Crippen LogP contribution in [0, 0.1) is 0 Å². The predicted octanol–water partition coefficient (Wildman–Crippen LogP) is 2.68. The molecule has 104 valence electrons. The minimum Gasteiger partial charge on any atom is -0.348 e. The van der Waals surface area contributed by atoms with Crippen molar-refractivity contribution in [2.24, 2.45) is 5.73 Å². The van der Waals surface area contributed by atoms with E-state index in [0.29, 0.717) is 11.4 Å². The fourth-order valence-electron chi connectivity index (χ4n) is 2.46. The zero-order valence-corrected chi connectivity index (χ0v) is 11.9. The van der Waals surface area contributed by atoms with Gasteiger partial charge in [-0.15, -0.1) is 0 Å². The highest BCUT2D eigenvalue weighted by atomic mass is 35.5. The van der Waals surface area contributed by atoms with Gasteiger partial charge in [-0.2, -0.15) is 0 Å². The standard InChI is InChI=1S/C14H16ClN5/c1-2-20-13-4-3-9(15)5-12(13)19-14(20)11(16)6-10-7-17-8-18-10/h3-5,7-8,11H,2,6,16H2,1H3,(H,17,18). The zero-order valence-electron chi connectivity index (χ0n) is 11.2. The summed E-state index contributed by atoms with van der Waals surface area (Å²) in [5.41, 5.74) is 9.25. The van der Waals surface area contributed by atoms with Gasteiger partial charge in [0, 0.05) is 29.9 Å². The third kappa shape index (κ3) is 2.30. The molecule has 1 aromatic carbocycles. The first-order valence-electron chi connectivity index (χ1n) is 6.57. The maximum Gasteiger partial charge on any atom is 0.127 e. The van der Waals surface area contributed by atoms with E-state index in [1.54, 1.807) is 12.5 Å². The number of benzene rings is 1. The number of hydrogen-bond donors (Lipinski definition) is 2. The number of aryl methyl sites for hydroxylation is 1. The van der Waals surface area contributed by atoms with Crippen LogP contribution in [-0.4, -0.2) is 19.5 Å². The second-order valence-electron chi connectivity index (χ2n) is 4.73. The van der Waals surface area contributed by atoms with Gasteiger partial charge in [0.15, 0.2) is 0 Å². The maximum absolute atomic E-state index is 6.30. The molecule has 0 aliphatic heterocycles. The summed E-state index contributed by atoms with van der Waals surface area (Å²) in [6.45, 7) is 2.91. The van der Waals surface area contributed by atoms with E-state index in [2.05, 4.69) is 26.4 Å². The van der Waals surface area contributed by atoms with E-state index in [4.69, 9.17) is 17.3 Å². The lowest BCUT2D eigenvalue weighted by molar-refractivity contribution is 0.604. The number of fused-ring (bicyclic) bond motifs is 1. The van der Waals surface area contributed by atoms with Gasteiger partial charge in [0.2, 0.25) is 0 Å². The summed E-state index contributed by atoms with van der Waals surface area (Å²) in [7, 11) is 0. The number of nitrogens with two attached hydrogens (primary N) is 1. The normalized spacial score (nSPS) is 12.9. The number of H-pyrrole nitrogens is 1. The van der Waals surface area contributed by atoms with Crippen molar-refractivity contribution in [2.75, 3.05) is 0 Å². The van der Waals surface area contributed by atoms with Crippen molar-refractivity contribution < 1.29 is 0 Å². The lowest BCUT2D eigenvalue weighted by Crippen LogP contribution is -2.19. The molecule has 0 aliphatic carbocycles. The topological polar surface area (TPSA) is 72.5 Å². The van der Waals surface area contributed by atoms with Crippen LogP contribution in [0.15, 0.2) is 30.7 Å². The van der Waals surface area contributed by atoms with Crippen LogP contribution in [0.4, 0.5) is 0 Å². The number of imidazole rings is 2. The summed E-state index contributed by atoms with van der Waals surface area (Å²) in [5.74, 6) is 0.874. The lowest BCUT2D eigenvalue weighted by atomic mass is 10.1. The van der Waals surface area contributed by atoms with Gasteiger partial charge >= 0.3 is 0 Å². The van der Waals surface area contributed by atoms with Crippen LogP contribution < -0.4 is 5.73 Å². The van der Waals surface area contributed by atoms with Gasteiger partial charge in [0.05, 0.1) is 23.4 Å². The molecule has 2 heterocycles. The molecule has 0 saturated heterocycles. The van der Waals surface area contributed by atoms with E-state index in [9.17, 15) is 0 Å². The van der Waals surface area contributed by atoms with Gasteiger partial charge < -0.3 is 15.3 Å². The Morgan fingerprint density at radius 1 is 1.45 bits per heavy atom. The van der Waals surface area contributed by atoms with Crippen LogP contribution in [0.5, 0.6) is 0 Å². The molecule has 3 N–H and O–H groups in total. The molecule has 6 heteroatoms. The molecule has 0 spiro atoms. The smallest absolute Gasteiger partial charge is 0.127 e. The number of halogens is 1. The maximum atomic E-state index is 6.30. The highest BCUT2D eigenvalue weighted by Crippen LogP contribution is 2.24. The first-order chi connectivity index (χ1) is 9.69. The number of nitrogens with one attached hydrogen (secondary N) is 1. The molecular formula is C14H16ClN5. The number of nitrogens with zero attached hydrogens (tertiary/aromatic N) is 3. The van der Waals surface area contributed by atoms with Gasteiger partial charge in [-0.1, -0.05) is 11.6 Å². The third-order valence-corrected chi connectivity index (χ3v) is 3.62. The molecule has 1 atom stereocenters. The van der Waals surface area contributed by atoms with E-state index in [1.165, 1.54) is 0 Å². The molecule has 0 amide bonds. The fraction of sp³-hybridized carbons (Fsp3) is 0.286. The van der Waals surface area contributed by atoms with Crippen molar-refractivity contribution >= 4 is 22.6 Å². The Morgan fingerprint density at radius 3 is 3.00 bits per heavy atom. The van der Waals surface area contributed by atoms with Crippen molar-refractivity contribution in [3.63, 3.8) is 0 Å². The molecule has 0 saturated carbocycles. The lowest BCUT2D eigenvalue weighted by Gasteiger charge is -2.12. The minimum absolute atomic E-state index is 0.179. The van der Waals surface area contributed by atoms with Gasteiger partial charge in [0.1, 0.15) is 5.82 Å². The Kier molecular flexibility index (Phi) is 3.46. The Hall–Kier alpha value is -1.85. The van der Waals surface area contributed by atoms with Crippen molar-refractivity contribution in [2.45, 2.75) is 25.9 Å². The number of aromatic nitrogens is 4. The van der Waals surface area contributed by atoms with Crippen LogP contribution in [0.25, 0.3) is 11.0 Å². The molecule has 0 aliphatic rings. The Labute approximate surface area is 121 Å². The Balaban J connectivity index is 2.01. The fourth-order valence-corrected chi connectivity index (χ4v) is 2.63. The summed E-state index contributed by atoms with van der Waals surface area (Å²) >= 11 is 6.02. The van der Waals surface area contributed by atoms with Crippen LogP contribution in [0.3, 0.4) is 0 Å². The Bertz CT molecular complexity index is 717. The summed E-state index contributed by atoms with van der Waals surface area (Å²) in [5, 5.41) is 0.687. The summed E-state index contributed by atoms with van der Waals surface area (Å²) < 4.78 is 2.13. The number of rotatable bonds is 4. The molecule has 5 nitrogen and oxygen atoms in total. The highest BCUT2D eigenvalue weighted by Gasteiger charge is 2.17. The molecule has 0 fully saturated rings. The van der Waals surface area contributed by atoms with Crippen LogP contribution in [-0.2, 0) is 13.0 Å². The molecule has 1 unspecified atom stereocenters. The quantitative estimate of drug-likeness (QED) is 0.775.